The molecule has 78 valence electrons. The number of nitrogens with zero attached hydrogens (tertiary/aromatic N) is 1. The number of halogens is 2. The van der Waals surface area contributed by atoms with E-state index in [0.29, 0.717) is 15.2 Å². The summed E-state index contributed by atoms with van der Waals surface area (Å²) in [5.74, 6) is -0.356. The molecule has 1 fully saturated rings. The Hall–Kier alpha value is -0.870. The van der Waals surface area contributed by atoms with Gasteiger partial charge in [-0.25, -0.2) is 4.90 Å². The van der Waals surface area contributed by atoms with Crippen molar-refractivity contribution in [1.29, 1.82) is 0 Å². The van der Waals surface area contributed by atoms with Crippen molar-refractivity contribution in [3.8, 4) is 0 Å². The minimum Gasteiger partial charge on any atom is -0.274 e. The molecule has 1 heterocycles. The zero-order valence-corrected chi connectivity index (χ0v) is 10.0. The molecule has 1 aromatic rings. The minimum absolute atomic E-state index is 0.178. The highest BCUT2D eigenvalue weighted by molar-refractivity contribution is 9.10. The fourth-order valence-corrected chi connectivity index (χ4v) is 2.09. The summed E-state index contributed by atoms with van der Waals surface area (Å²) < 4.78 is 0.690. The Balaban J connectivity index is 2.48. The summed E-state index contributed by atoms with van der Waals surface area (Å²) in [7, 11) is 0. The number of benzene rings is 1. The second-order valence-electron chi connectivity index (χ2n) is 3.22. The van der Waals surface area contributed by atoms with Gasteiger partial charge < -0.3 is 0 Å². The summed E-state index contributed by atoms with van der Waals surface area (Å²) in [6, 6.07) is 5.02. The van der Waals surface area contributed by atoms with Crippen molar-refractivity contribution >= 4 is 45.0 Å². The van der Waals surface area contributed by atoms with Gasteiger partial charge in [0.25, 0.3) is 0 Å². The summed E-state index contributed by atoms with van der Waals surface area (Å²) in [6.07, 6.45) is 0.551. The van der Waals surface area contributed by atoms with Crippen molar-refractivity contribution in [1.82, 2.24) is 0 Å². The summed E-state index contributed by atoms with van der Waals surface area (Å²) in [5, 5.41) is 0.501. The molecule has 2 amide bonds. The number of anilines is 1. The Morgan fingerprint density at radius 3 is 2.40 bits per heavy atom. The maximum Gasteiger partial charge on any atom is 0.234 e. The molecule has 0 radical (unpaired) electrons. The number of imide groups is 1. The van der Waals surface area contributed by atoms with E-state index < -0.39 is 0 Å². The zero-order valence-electron chi connectivity index (χ0n) is 7.67. The second-order valence-corrected chi connectivity index (χ2v) is 4.51. The summed E-state index contributed by atoms with van der Waals surface area (Å²) in [5.41, 5.74) is 0.523. The van der Waals surface area contributed by atoms with Crippen molar-refractivity contribution < 1.29 is 9.59 Å². The molecule has 1 aliphatic heterocycles. The second kappa shape index (κ2) is 3.94. The van der Waals surface area contributed by atoms with E-state index >= 15 is 0 Å². The molecule has 0 spiro atoms. The van der Waals surface area contributed by atoms with Crippen LogP contribution in [0.2, 0.25) is 5.02 Å². The van der Waals surface area contributed by atoms with Gasteiger partial charge in [-0.3, -0.25) is 9.59 Å². The summed E-state index contributed by atoms with van der Waals surface area (Å²) in [4.78, 5) is 24.2. The van der Waals surface area contributed by atoms with E-state index in [1.807, 2.05) is 0 Å². The van der Waals surface area contributed by atoms with Crippen LogP contribution in [0.15, 0.2) is 22.7 Å². The third kappa shape index (κ3) is 1.92. The van der Waals surface area contributed by atoms with Crippen LogP contribution in [0.5, 0.6) is 0 Å². The first kappa shape index (κ1) is 10.6. The van der Waals surface area contributed by atoms with Crippen molar-refractivity contribution in [2.75, 3.05) is 4.90 Å². The van der Waals surface area contributed by atoms with E-state index in [-0.39, 0.29) is 24.7 Å². The highest BCUT2D eigenvalue weighted by Gasteiger charge is 2.31. The molecule has 1 aromatic carbocycles. The van der Waals surface area contributed by atoms with Gasteiger partial charge in [0.1, 0.15) is 0 Å². The molecule has 0 atom stereocenters. The molecular weight excluding hydrogens is 281 g/mol. The fourth-order valence-electron chi connectivity index (χ4n) is 1.50. The maximum atomic E-state index is 11.5. The molecule has 0 aliphatic carbocycles. The van der Waals surface area contributed by atoms with Gasteiger partial charge in [0.2, 0.25) is 11.8 Å². The predicted molar refractivity (Wildman–Crippen MR) is 60.9 cm³/mol. The van der Waals surface area contributed by atoms with Gasteiger partial charge in [-0.1, -0.05) is 11.6 Å². The van der Waals surface area contributed by atoms with Crippen LogP contribution in [0.25, 0.3) is 0 Å². The lowest BCUT2D eigenvalue weighted by Crippen LogP contribution is -2.28. The fraction of sp³-hybridized carbons (Fsp3) is 0.200. The van der Waals surface area contributed by atoms with Gasteiger partial charge in [0.05, 0.1) is 5.69 Å². The van der Waals surface area contributed by atoms with Crippen LogP contribution in [0.4, 0.5) is 5.69 Å². The average Bonchev–Trinajstić information content (AvgIpc) is 2.51. The van der Waals surface area contributed by atoms with Crippen molar-refractivity contribution in [2.24, 2.45) is 0 Å². The van der Waals surface area contributed by atoms with Crippen molar-refractivity contribution in [3.05, 3.63) is 27.7 Å². The zero-order chi connectivity index (χ0) is 11.0. The molecule has 15 heavy (non-hydrogen) atoms. The van der Waals surface area contributed by atoms with E-state index in [4.69, 9.17) is 11.6 Å². The Labute approximate surface area is 100 Å². The third-order valence-electron chi connectivity index (χ3n) is 2.20. The summed E-state index contributed by atoms with van der Waals surface area (Å²) >= 11 is 9.11. The molecule has 5 heteroatoms. The molecule has 1 saturated heterocycles. The largest absolute Gasteiger partial charge is 0.274 e. The molecular formula is C10H7BrClNO2. The molecule has 3 nitrogen and oxygen atoms in total. The van der Waals surface area contributed by atoms with Crippen molar-refractivity contribution in [3.63, 3.8) is 0 Å². The number of carbonyl (C=O) groups is 2. The van der Waals surface area contributed by atoms with Gasteiger partial charge in [-0.15, -0.1) is 0 Å². The first-order chi connectivity index (χ1) is 7.09. The molecule has 0 unspecified atom stereocenters. The van der Waals surface area contributed by atoms with Gasteiger partial charge in [-0.2, -0.15) is 0 Å². The average molecular weight is 289 g/mol. The van der Waals surface area contributed by atoms with E-state index in [2.05, 4.69) is 15.9 Å². The molecule has 0 bridgehead atoms. The normalized spacial score (nSPS) is 16.3. The quantitative estimate of drug-likeness (QED) is 0.745. The highest BCUT2D eigenvalue weighted by atomic mass is 79.9. The smallest absolute Gasteiger partial charge is 0.234 e. The topological polar surface area (TPSA) is 37.4 Å². The van der Waals surface area contributed by atoms with E-state index in [1.165, 1.54) is 4.90 Å². The number of hydrogen-bond acceptors (Lipinski definition) is 2. The van der Waals surface area contributed by atoms with Crippen molar-refractivity contribution in [2.45, 2.75) is 12.8 Å². The standard InChI is InChI=1S/C10H7BrClNO2/c11-7-2-1-6(12)5-8(7)13-9(14)3-4-10(13)15/h1-2,5H,3-4H2. The molecule has 0 aromatic heterocycles. The monoisotopic (exact) mass is 287 g/mol. The first-order valence-electron chi connectivity index (χ1n) is 4.40. The number of carbonyl (C=O) groups excluding carboxylic acids is 2. The SMILES string of the molecule is O=C1CCC(=O)N1c1cc(Cl)ccc1Br. The van der Waals surface area contributed by atoms with E-state index in [9.17, 15) is 9.59 Å². The molecule has 1 aliphatic rings. The minimum atomic E-state index is -0.178. The van der Waals surface area contributed by atoms with Crippen LogP contribution in [-0.4, -0.2) is 11.8 Å². The number of hydrogen-bond donors (Lipinski definition) is 0. The molecule has 2 rings (SSSR count). The van der Waals surface area contributed by atoms with E-state index in [1.54, 1.807) is 18.2 Å². The molecule has 0 N–H and O–H groups in total. The lowest BCUT2D eigenvalue weighted by molar-refractivity contribution is -0.121. The lowest BCUT2D eigenvalue weighted by Gasteiger charge is -2.15. The lowest BCUT2D eigenvalue weighted by atomic mass is 10.3. The third-order valence-corrected chi connectivity index (χ3v) is 3.11. The van der Waals surface area contributed by atoms with Crippen LogP contribution >= 0.6 is 27.5 Å². The van der Waals surface area contributed by atoms with Crippen LogP contribution < -0.4 is 4.90 Å². The Kier molecular flexibility index (Phi) is 2.80. The number of rotatable bonds is 1. The predicted octanol–water partition coefficient (Wildman–Crippen LogP) is 2.76. The highest BCUT2D eigenvalue weighted by Crippen LogP contribution is 2.32. The van der Waals surface area contributed by atoms with Gasteiger partial charge in [0.15, 0.2) is 0 Å². The van der Waals surface area contributed by atoms with Crippen LogP contribution in [0.1, 0.15) is 12.8 Å². The number of amides is 2. The van der Waals surface area contributed by atoms with E-state index in [0.717, 1.165) is 0 Å². The summed E-state index contributed by atoms with van der Waals surface area (Å²) in [6.45, 7) is 0. The van der Waals surface area contributed by atoms with Gasteiger partial charge in [-0.05, 0) is 34.1 Å². The van der Waals surface area contributed by atoms with Crippen LogP contribution in [-0.2, 0) is 9.59 Å². The Morgan fingerprint density at radius 2 is 1.80 bits per heavy atom. The Morgan fingerprint density at radius 1 is 1.20 bits per heavy atom. The van der Waals surface area contributed by atoms with Gasteiger partial charge in [0, 0.05) is 22.3 Å². The first-order valence-corrected chi connectivity index (χ1v) is 5.57. The van der Waals surface area contributed by atoms with Gasteiger partial charge >= 0.3 is 0 Å². The van der Waals surface area contributed by atoms with Crippen LogP contribution in [0, 0.1) is 0 Å². The maximum absolute atomic E-state index is 11.5. The Bertz CT molecular complexity index is 431. The van der Waals surface area contributed by atoms with Crippen LogP contribution in [0.3, 0.4) is 0 Å². The molecule has 0 saturated carbocycles.